The highest BCUT2D eigenvalue weighted by Crippen LogP contribution is 2.31. The van der Waals surface area contributed by atoms with Crippen molar-refractivity contribution in [3.05, 3.63) is 17.5 Å². The van der Waals surface area contributed by atoms with Gasteiger partial charge in [-0.3, -0.25) is 9.48 Å². The normalized spacial score (nSPS) is 27.6. The minimum Gasteiger partial charge on any atom is -0.365 e. The summed E-state index contributed by atoms with van der Waals surface area (Å²) in [6, 6.07) is 2.40. The molecular formula is C14H21N3O2. The van der Waals surface area contributed by atoms with Gasteiger partial charge >= 0.3 is 0 Å². The number of rotatable bonds is 2. The lowest BCUT2D eigenvalue weighted by Gasteiger charge is -2.43. The molecule has 0 aromatic carbocycles. The van der Waals surface area contributed by atoms with Gasteiger partial charge in [-0.25, -0.2) is 0 Å². The van der Waals surface area contributed by atoms with E-state index in [1.165, 1.54) is 0 Å². The Morgan fingerprint density at radius 3 is 2.74 bits per heavy atom. The molecule has 19 heavy (non-hydrogen) atoms. The van der Waals surface area contributed by atoms with Gasteiger partial charge in [0.15, 0.2) is 0 Å². The molecule has 2 aliphatic heterocycles. The number of ether oxygens (including phenoxy) is 1. The van der Waals surface area contributed by atoms with E-state index in [2.05, 4.69) is 18.1 Å². The molecule has 0 aliphatic carbocycles. The van der Waals surface area contributed by atoms with E-state index < -0.39 is 5.60 Å². The summed E-state index contributed by atoms with van der Waals surface area (Å²) >= 11 is 0. The molecule has 0 saturated carbocycles. The number of likely N-dealkylation sites (tertiary alicyclic amines) is 1. The molecule has 2 saturated heterocycles. The number of hydrogen-bond donors (Lipinski definition) is 0. The zero-order chi connectivity index (χ0) is 13.6. The van der Waals surface area contributed by atoms with Gasteiger partial charge < -0.3 is 9.64 Å². The van der Waals surface area contributed by atoms with Crippen LogP contribution in [0.2, 0.25) is 0 Å². The van der Waals surface area contributed by atoms with Crippen LogP contribution >= 0.6 is 0 Å². The maximum Gasteiger partial charge on any atom is 0.254 e. The molecule has 0 spiro atoms. The van der Waals surface area contributed by atoms with Gasteiger partial charge in [0.05, 0.1) is 11.7 Å². The molecule has 0 N–H and O–H groups in total. The monoisotopic (exact) mass is 263 g/mol. The number of carbonyl (C=O) groups excluding carboxylic acids is 1. The van der Waals surface area contributed by atoms with Crippen LogP contribution in [-0.4, -0.2) is 45.9 Å². The summed E-state index contributed by atoms with van der Waals surface area (Å²) in [6.45, 7) is 8.18. The first-order chi connectivity index (χ1) is 8.99. The van der Waals surface area contributed by atoms with Gasteiger partial charge in [-0.05, 0) is 39.7 Å². The summed E-state index contributed by atoms with van der Waals surface area (Å²) in [7, 11) is 0. The van der Waals surface area contributed by atoms with E-state index in [1.54, 1.807) is 0 Å². The van der Waals surface area contributed by atoms with Crippen molar-refractivity contribution in [2.24, 2.45) is 0 Å². The quantitative estimate of drug-likeness (QED) is 0.811. The molecule has 0 unspecified atom stereocenters. The number of carbonyl (C=O) groups is 1. The molecule has 1 amide bonds. The molecule has 1 aromatic rings. The van der Waals surface area contributed by atoms with E-state index >= 15 is 0 Å². The largest absolute Gasteiger partial charge is 0.365 e. The Morgan fingerprint density at radius 2 is 2.21 bits per heavy atom. The van der Waals surface area contributed by atoms with Gasteiger partial charge in [0.1, 0.15) is 5.60 Å². The molecule has 1 aromatic heterocycles. The van der Waals surface area contributed by atoms with Gasteiger partial charge in [0, 0.05) is 25.4 Å². The molecule has 104 valence electrons. The van der Waals surface area contributed by atoms with Crippen LogP contribution in [0.5, 0.6) is 0 Å². The maximum atomic E-state index is 12.4. The van der Waals surface area contributed by atoms with Crippen molar-refractivity contribution in [3.63, 3.8) is 0 Å². The Hall–Kier alpha value is -1.36. The predicted octanol–water partition coefficient (Wildman–Crippen LogP) is 1.45. The number of amides is 1. The zero-order valence-electron chi connectivity index (χ0n) is 11.8. The SMILES string of the molecule is Cc1cc(C)n(C2CN(C(=O)[C@@]3(C)CCCO3)C2)n1. The molecular weight excluding hydrogens is 242 g/mol. The number of aryl methyl sites for hydroxylation is 2. The van der Waals surface area contributed by atoms with Crippen molar-refractivity contribution < 1.29 is 9.53 Å². The number of aromatic nitrogens is 2. The molecule has 1 atom stereocenters. The van der Waals surface area contributed by atoms with Crippen LogP contribution in [0.3, 0.4) is 0 Å². The topological polar surface area (TPSA) is 47.4 Å². The van der Waals surface area contributed by atoms with Gasteiger partial charge in [-0.15, -0.1) is 0 Å². The highest BCUT2D eigenvalue weighted by atomic mass is 16.5. The van der Waals surface area contributed by atoms with Gasteiger partial charge in [-0.1, -0.05) is 0 Å². The van der Waals surface area contributed by atoms with Crippen molar-refractivity contribution in [2.75, 3.05) is 19.7 Å². The molecule has 2 fully saturated rings. The van der Waals surface area contributed by atoms with Crippen LogP contribution in [-0.2, 0) is 9.53 Å². The highest BCUT2D eigenvalue weighted by molar-refractivity contribution is 5.85. The van der Waals surface area contributed by atoms with Crippen molar-refractivity contribution in [3.8, 4) is 0 Å². The summed E-state index contributed by atoms with van der Waals surface area (Å²) in [5.74, 6) is 0.141. The van der Waals surface area contributed by atoms with E-state index in [0.29, 0.717) is 12.6 Å². The van der Waals surface area contributed by atoms with Crippen LogP contribution in [0.15, 0.2) is 6.07 Å². The zero-order valence-corrected chi connectivity index (χ0v) is 11.8. The second-order valence-corrected chi connectivity index (χ2v) is 5.92. The van der Waals surface area contributed by atoms with E-state index in [-0.39, 0.29) is 5.91 Å². The lowest BCUT2D eigenvalue weighted by Crippen LogP contribution is -2.57. The summed E-state index contributed by atoms with van der Waals surface area (Å²) in [5.41, 5.74) is 1.62. The average molecular weight is 263 g/mol. The Bertz CT molecular complexity index is 497. The third kappa shape index (κ3) is 2.06. The van der Waals surface area contributed by atoms with E-state index in [0.717, 1.165) is 37.3 Å². The Morgan fingerprint density at radius 1 is 1.47 bits per heavy atom. The minimum atomic E-state index is -0.583. The smallest absolute Gasteiger partial charge is 0.254 e. The van der Waals surface area contributed by atoms with Gasteiger partial charge in [-0.2, -0.15) is 5.10 Å². The van der Waals surface area contributed by atoms with Crippen molar-refractivity contribution in [2.45, 2.75) is 45.3 Å². The molecule has 3 rings (SSSR count). The fraction of sp³-hybridized carbons (Fsp3) is 0.714. The lowest BCUT2D eigenvalue weighted by atomic mass is 9.97. The minimum absolute atomic E-state index is 0.141. The first kappa shape index (κ1) is 12.7. The van der Waals surface area contributed by atoms with Crippen molar-refractivity contribution in [1.82, 2.24) is 14.7 Å². The number of nitrogens with zero attached hydrogens (tertiary/aromatic N) is 3. The van der Waals surface area contributed by atoms with Crippen LogP contribution in [0.1, 0.15) is 37.2 Å². The van der Waals surface area contributed by atoms with E-state index in [4.69, 9.17) is 4.74 Å². The number of hydrogen-bond acceptors (Lipinski definition) is 3. The van der Waals surface area contributed by atoms with E-state index in [9.17, 15) is 4.79 Å². The lowest BCUT2D eigenvalue weighted by molar-refractivity contribution is -0.157. The standard InChI is InChI=1S/C14H21N3O2/c1-10-7-11(2)17(15-10)12-8-16(9-12)13(18)14(3)5-4-6-19-14/h7,12H,4-6,8-9H2,1-3H3/t14-/m1/s1. The van der Waals surface area contributed by atoms with Crippen LogP contribution < -0.4 is 0 Å². The van der Waals surface area contributed by atoms with Crippen LogP contribution in [0.25, 0.3) is 0 Å². The molecule has 0 radical (unpaired) electrons. The summed E-state index contributed by atoms with van der Waals surface area (Å²) < 4.78 is 7.65. The van der Waals surface area contributed by atoms with Crippen molar-refractivity contribution in [1.29, 1.82) is 0 Å². The molecule has 5 nitrogen and oxygen atoms in total. The molecule has 0 bridgehead atoms. The van der Waals surface area contributed by atoms with Crippen molar-refractivity contribution >= 4 is 5.91 Å². The van der Waals surface area contributed by atoms with Crippen LogP contribution in [0, 0.1) is 13.8 Å². The maximum absolute atomic E-state index is 12.4. The average Bonchev–Trinajstić information content (AvgIpc) is 2.85. The van der Waals surface area contributed by atoms with Gasteiger partial charge in [0.2, 0.25) is 0 Å². The fourth-order valence-corrected chi connectivity index (χ4v) is 3.07. The Kier molecular flexibility index (Phi) is 2.89. The second kappa shape index (κ2) is 4.34. The second-order valence-electron chi connectivity index (χ2n) is 5.92. The predicted molar refractivity (Wildman–Crippen MR) is 70.9 cm³/mol. The third-order valence-corrected chi connectivity index (χ3v) is 4.21. The first-order valence-electron chi connectivity index (χ1n) is 6.96. The summed E-state index contributed by atoms with van der Waals surface area (Å²) in [5, 5.41) is 4.49. The molecule has 2 aliphatic rings. The Labute approximate surface area is 113 Å². The van der Waals surface area contributed by atoms with E-state index in [1.807, 2.05) is 23.4 Å². The fourth-order valence-electron chi connectivity index (χ4n) is 3.07. The third-order valence-electron chi connectivity index (χ3n) is 4.21. The van der Waals surface area contributed by atoms with Crippen LogP contribution in [0.4, 0.5) is 0 Å². The Balaban J connectivity index is 1.64. The van der Waals surface area contributed by atoms with Gasteiger partial charge in [0.25, 0.3) is 5.91 Å². The summed E-state index contributed by atoms with van der Waals surface area (Å²) in [4.78, 5) is 14.3. The molecule has 5 heteroatoms. The molecule has 3 heterocycles. The summed E-state index contributed by atoms with van der Waals surface area (Å²) in [6.07, 6.45) is 1.82. The highest BCUT2D eigenvalue weighted by Gasteiger charge is 2.45. The first-order valence-corrected chi connectivity index (χ1v) is 6.96.